The minimum atomic E-state index is -0.387. The first kappa shape index (κ1) is 18.0. The van der Waals surface area contributed by atoms with Crippen LogP contribution in [0.1, 0.15) is 38.2 Å². The van der Waals surface area contributed by atoms with Crippen molar-refractivity contribution in [3.63, 3.8) is 0 Å². The lowest BCUT2D eigenvalue weighted by Gasteiger charge is -2.29. The van der Waals surface area contributed by atoms with Gasteiger partial charge >= 0.3 is 0 Å². The summed E-state index contributed by atoms with van der Waals surface area (Å²) in [4.78, 5) is 12.4. The highest BCUT2D eigenvalue weighted by Gasteiger charge is 2.24. The van der Waals surface area contributed by atoms with E-state index in [1.165, 1.54) is 12.5 Å². The van der Waals surface area contributed by atoms with Crippen molar-refractivity contribution in [3.8, 4) is 11.8 Å². The molecule has 0 saturated heterocycles. The zero-order chi connectivity index (χ0) is 17.0. The van der Waals surface area contributed by atoms with Crippen LogP contribution in [0.5, 0.6) is 5.75 Å². The van der Waals surface area contributed by atoms with Crippen LogP contribution in [0.25, 0.3) is 6.08 Å². The number of phenolic OH excluding ortho intramolecular Hbond substituents is 1. The molecule has 0 bridgehead atoms. The van der Waals surface area contributed by atoms with Crippen LogP contribution in [0.3, 0.4) is 0 Å². The number of amides is 1. The van der Waals surface area contributed by atoms with Gasteiger partial charge in [-0.3, -0.25) is 4.79 Å². The molecule has 4 nitrogen and oxygen atoms in total. The number of carbonyl (C=O) groups is 1. The molecule has 6 heteroatoms. The quantitative estimate of drug-likeness (QED) is 0.534. The zero-order valence-electron chi connectivity index (χ0n) is 12.8. The van der Waals surface area contributed by atoms with Crippen molar-refractivity contribution in [2.45, 2.75) is 38.6 Å². The number of halogens is 2. The molecule has 1 aromatic carbocycles. The van der Waals surface area contributed by atoms with E-state index in [9.17, 15) is 15.2 Å². The van der Waals surface area contributed by atoms with Gasteiger partial charge in [0.25, 0.3) is 5.91 Å². The van der Waals surface area contributed by atoms with E-state index in [0.717, 1.165) is 23.7 Å². The summed E-state index contributed by atoms with van der Waals surface area (Å²) in [5.74, 6) is 0.0302. The average Bonchev–Trinajstić information content (AvgIpc) is 2.51. The van der Waals surface area contributed by atoms with E-state index >= 15 is 0 Å². The first-order chi connectivity index (χ1) is 10.9. The smallest absolute Gasteiger partial charge is 0.262 e. The number of nitrogens with zero attached hydrogens (tertiary/aromatic N) is 1. The first-order valence-electron chi connectivity index (χ1n) is 7.53. The molecule has 0 aromatic heterocycles. The maximum absolute atomic E-state index is 12.4. The number of nitrogens with one attached hydrogen (secondary N) is 1. The number of hydrogen-bond donors (Lipinski definition) is 2. The fourth-order valence-electron chi connectivity index (χ4n) is 2.78. The predicted octanol–water partition coefficient (Wildman–Crippen LogP) is 4.52. The molecule has 23 heavy (non-hydrogen) atoms. The topological polar surface area (TPSA) is 73.1 Å². The van der Waals surface area contributed by atoms with Gasteiger partial charge in [-0.2, -0.15) is 5.26 Å². The number of aromatic hydroxyl groups is 1. The summed E-state index contributed by atoms with van der Waals surface area (Å²) in [5.41, 5.74) is 0.401. The summed E-state index contributed by atoms with van der Waals surface area (Å²) in [6.07, 6.45) is 5.73. The van der Waals surface area contributed by atoms with Crippen LogP contribution in [0.15, 0.2) is 26.7 Å². The van der Waals surface area contributed by atoms with E-state index in [1.807, 2.05) is 6.07 Å². The standard InChI is InChI=1S/C17H18Br2N2O2/c1-10-4-2-3-5-15(10)21-17(23)12(9-20)6-11-7-13(18)8-14(19)16(11)22/h6-8,10,15,22H,2-5H2,1H3,(H,21,23)/b12-6+/t10-,15+/m1/s1. The van der Waals surface area contributed by atoms with Crippen LogP contribution in [0.4, 0.5) is 0 Å². The Kier molecular flexibility index (Phi) is 6.25. The average molecular weight is 442 g/mol. The second-order valence-electron chi connectivity index (χ2n) is 5.84. The number of carbonyl (C=O) groups excluding carboxylic acids is 1. The highest BCUT2D eigenvalue weighted by atomic mass is 79.9. The van der Waals surface area contributed by atoms with Crippen molar-refractivity contribution in [1.29, 1.82) is 5.26 Å². The van der Waals surface area contributed by atoms with Crippen LogP contribution in [-0.2, 0) is 4.79 Å². The Labute approximate surface area is 152 Å². The molecule has 122 valence electrons. The maximum atomic E-state index is 12.4. The second kappa shape index (κ2) is 7.98. The number of benzene rings is 1. The molecule has 0 aliphatic heterocycles. The third kappa shape index (κ3) is 4.58. The van der Waals surface area contributed by atoms with Gasteiger partial charge in [0.2, 0.25) is 0 Å². The molecule has 1 saturated carbocycles. The Bertz CT molecular complexity index is 680. The van der Waals surface area contributed by atoms with Crippen molar-refractivity contribution in [1.82, 2.24) is 5.32 Å². The molecule has 2 rings (SSSR count). The van der Waals surface area contributed by atoms with Gasteiger partial charge in [-0.15, -0.1) is 0 Å². The molecule has 1 aliphatic carbocycles. The lowest BCUT2D eigenvalue weighted by Crippen LogP contribution is -2.41. The third-order valence-corrected chi connectivity index (χ3v) is 5.21. The zero-order valence-corrected chi connectivity index (χ0v) is 15.9. The Hall–Kier alpha value is -1.32. The van der Waals surface area contributed by atoms with Crippen molar-refractivity contribution < 1.29 is 9.90 Å². The summed E-state index contributed by atoms with van der Waals surface area (Å²) in [6, 6.07) is 5.39. The van der Waals surface area contributed by atoms with Crippen molar-refractivity contribution in [2.75, 3.05) is 0 Å². The Morgan fingerprint density at radius 1 is 1.39 bits per heavy atom. The van der Waals surface area contributed by atoms with E-state index in [0.29, 0.717) is 16.0 Å². The predicted molar refractivity (Wildman–Crippen MR) is 96.7 cm³/mol. The molecule has 1 aliphatic rings. The molecule has 2 N–H and O–H groups in total. The van der Waals surface area contributed by atoms with Gasteiger partial charge in [0, 0.05) is 16.1 Å². The van der Waals surface area contributed by atoms with Gasteiger partial charge < -0.3 is 10.4 Å². The number of nitriles is 1. The Morgan fingerprint density at radius 3 is 2.74 bits per heavy atom. The molecule has 0 radical (unpaired) electrons. The summed E-state index contributed by atoms with van der Waals surface area (Å²) < 4.78 is 1.24. The lowest BCUT2D eigenvalue weighted by molar-refractivity contribution is -0.118. The fourth-order valence-corrected chi connectivity index (χ4v) is 4.04. The van der Waals surface area contributed by atoms with Gasteiger partial charge in [-0.25, -0.2) is 0 Å². The summed E-state index contributed by atoms with van der Waals surface area (Å²) >= 11 is 6.57. The summed E-state index contributed by atoms with van der Waals surface area (Å²) in [5, 5.41) is 22.3. The van der Waals surface area contributed by atoms with E-state index in [1.54, 1.807) is 12.1 Å². The van der Waals surface area contributed by atoms with E-state index in [-0.39, 0.29) is 23.3 Å². The minimum absolute atomic E-state index is 0.000200. The van der Waals surface area contributed by atoms with Crippen LogP contribution >= 0.6 is 31.9 Å². The first-order valence-corrected chi connectivity index (χ1v) is 9.11. The molecule has 1 amide bonds. The number of phenols is 1. The minimum Gasteiger partial charge on any atom is -0.506 e. The highest BCUT2D eigenvalue weighted by Crippen LogP contribution is 2.33. The van der Waals surface area contributed by atoms with Crippen molar-refractivity contribution in [3.05, 3.63) is 32.2 Å². The Balaban J connectivity index is 2.22. The lowest BCUT2D eigenvalue weighted by atomic mass is 9.86. The van der Waals surface area contributed by atoms with Crippen LogP contribution in [0.2, 0.25) is 0 Å². The molecule has 1 fully saturated rings. The maximum Gasteiger partial charge on any atom is 0.262 e. The van der Waals surface area contributed by atoms with Gasteiger partial charge in [-0.1, -0.05) is 35.7 Å². The molecule has 1 aromatic rings. The fraction of sp³-hybridized carbons (Fsp3) is 0.412. The van der Waals surface area contributed by atoms with Crippen LogP contribution in [-0.4, -0.2) is 17.1 Å². The number of rotatable bonds is 3. The third-order valence-electron chi connectivity index (χ3n) is 4.15. The van der Waals surface area contributed by atoms with E-state index < -0.39 is 0 Å². The summed E-state index contributed by atoms with van der Waals surface area (Å²) in [6.45, 7) is 2.12. The van der Waals surface area contributed by atoms with E-state index in [2.05, 4.69) is 44.1 Å². The molecule has 0 spiro atoms. The van der Waals surface area contributed by atoms with E-state index in [4.69, 9.17) is 0 Å². The largest absolute Gasteiger partial charge is 0.506 e. The Morgan fingerprint density at radius 2 is 2.09 bits per heavy atom. The molecule has 0 heterocycles. The number of hydrogen-bond acceptors (Lipinski definition) is 3. The summed E-state index contributed by atoms with van der Waals surface area (Å²) in [7, 11) is 0. The van der Waals surface area contributed by atoms with Crippen molar-refractivity contribution >= 4 is 43.8 Å². The highest BCUT2D eigenvalue weighted by molar-refractivity contribution is 9.11. The van der Waals surface area contributed by atoms with Gasteiger partial charge in [-0.05, 0) is 52.9 Å². The van der Waals surface area contributed by atoms with Gasteiger partial charge in [0.15, 0.2) is 0 Å². The molecular formula is C17H18Br2N2O2. The monoisotopic (exact) mass is 440 g/mol. The van der Waals surface area contributed by atoms with Crippen molar-refractivity contribution in [2.24, 2.45) is 5.92 Å². The van der Waals surface area contributed by atoms with Gasteiger partial charge in [0.05, 0.1) is 4.47 Å². The van der Waals surface area contributed by atoms with Crippen LogP contribution < -0.4 is 5.32 Å². The van der Waals surface area contributed by atoms with Crippen LogP contribution in [0, 0.1) is 17.2 Å². The molecular weight excluding hydrogens is 424 g/mol. The van der Waals surface area contributed by atoms with Gasteiger partial charge in [0.1, 0.15) is 17.4 Å². The second-order valence-corrected chi connectivity index (χ2v) is 7.61. The SMILES string of the molecule is C[C@@H]1CCCC[C@@H]1NC(=O)/C(C#N)=C/c1cc(Br)cc(Br)c1O. The molecule has 2 atom stereocenters. The normalized spacial score (nSPS) is 21.6. The molecule has 0 unspecified atom stereocenters.